The third kappa shape index (κ3) is 3.66. The minimum absolute atomic E-state index is 0.138. The van der Waals surface area contributed by atoms with Gasteiger partial charge in [0.15, 0.2) is 0 Å². The Bertz CT molecular complexity index is 895. The summed E-state index contributed by atoms with van der Waals surface area (Å²) in [6, 6.07) is 6.72. The fourth-order valence-corrected chi connectivity index (χ4v) is 4.36. The Hall–Kier alpha value is -2.19. The van der Waals surface area contributed by atoms with Crippen molar-refractivity contribution in [3.63, 3.8) is 0 Å². The second-order valence-corrected chi connectivity index (χ2v) is 8.36. The monoisotopic (exact) mass is 374 g/mol. The van der Waals surface area contributed by atoms with Crippen LogP contribution in [0, 0.1) is 0 Å². The molecule has 3 heterocycles. The van der Waals surface area contributed by atoms with Gasteiger partial charge in [0, 0.05) is 25.7 Å². The lowest BCUT2D eigenvalue weighted by Gasteiger charge is -2.26. The van der Waals surface area contributed by atoms with Gasteiger partial charge < -0.3 is 9.64 Å². The summed E-state index contributed by atoms with van der Waals surface area (Å²) < 4.78 is 33.2. The SMILES string of the molecule is O=S(=O)(NCc1ccnc(N2CCCCC2)n1)c1ccc2c(c1)CCO2. The summed E-state index contributed by atoms with van der Waals surface area (Å²) in [7, 11) is -3.60. The van der Waals surface area contributed by atoms with Crippen LogP contribution in [-0.2, 0) is 23.0 Å². The van der Waals surface area contributed by atoms with Crippen molar-refractivity contribution in [3.05, 3.63) is 41.7 Å². The topological polar surface area (TPSA) is 84.4 Å². The van der Waals surface area contributed by atoms with Crippen molar-refractivity contribution in [1.29, 1.82) is 0 Å². The van der Waals surface area contributed by atoms with Crippen LogP contribution in [0.4, 0.5) is 5.95 Å². The van der Waals surface area contributed by atoms with Crippen molar-refractivity contribution in [2.24, 2.45) is 0 Å². The lowest BCUT2D eigenvalue weighted by Crippen LogP contribution is -2.31. The van der Waals surface area contributed by atoms with E-state index in [0.29, 0.717) is 18.2 Å². The van der Waals surface area contributed by atoms with Crippen LogP contribution in [0.15, 0.2) is 35.4 Å². The highest BCUT2D eigenvalue weighted by molar-refractivity contribution is 7.89. The standard InChI is InChI=1S/C18H22N4O3S/c23-26(24,16-4-5-17-14(12-16)7-11-25-17)20-13-15-6-8-19-18(21-15)22-9-2-1-3-10-22/h4-6,8,12,20H,1-3,7,9-11,13H2. The van der Waals surface area contributed by atoms with Crippen molar-refractivity contribution >= 4 is 16.0 Å². The maximum absolute atomic E-state index is 12.6. The minimum Gasteiger partial charge on any atom is -0.493 e. The first-order valence-electron chi connectivity index (χ1n) is 8.94. The van der Waals surface area contributed by atoms with E-state index in [1.165, 1.54) is 6.42 Å². The number of hydrogen-bond donors (Lipinski definition) is 1. The zero-order valence-corrected chi connectivity index (χ0v) is 15.3. The van der Waals surface area contributed by atoms with Crippen molar-refractivity contribution in [1.82, 2.24) is 14.7 Å². The second-order valence-electron chi connectivity index (χ2n) is 6.59. The summed E-state index contributed by atoms with van der Waals surface area (Å²) in [5.74, 6) is 1.45. The molecule has 1 N–H and O–H groups in total. The molecule has 0 atom stereocenters. The smallest absolute Gasteiger partial charge is 0.240 e. The van der Waals surface area contributed by atoms with E-state index in [2.05, 4.69) is 19.6 Å². The van der Waals surface area contributed by atoms with Crippen molar-refractivity contribution in [2.45, 2.75) is 37.1 Å². The Balaban J connectivity index is 1.46. The van der Waals surface area contributed by atoms with Gasteiger partial charge in [-0.25, -0.2) is 23.1 Å². The molecule has 4 rings (SSSR count). The molecule has 8 heteroatoms. The van der Waals surface area contributed by atoms with Gasteiger partial charge in [-0.1, -0.05) is 0 Å². The number of benzene rings is 1. The fraction of sp³-hybridized carbons (Fsp3) is 0.444. The predicted octanol–water partition coefficient (Wildman–Crippen LogP) is 1.88. The Kier molecular flexibility index (Phi) is 4.78. The Morgan fingerprint density at radius 3 is 2.85 bits per heavy atom. The average Bonchev–Trinajstić information content (AvgIpc) is 3.15. The molecule has 2 aliphatic rings. The molecule has 0 radical (unpaired) electrons. The molecule has 0 unspecified atom stereocenters. The van der Waals surface area contributed by atoms with Crippen LogP contribution < -0.4 is 14.4 Å². The maximum atomic E-state index is 12.6. The van der Waals surface area contributed by atoms with Crippen LogP contribution >= 0.6 is 0 Å². The number of sulfonamides is 1. The minimum atomic E-state index is -3.60. The highest BCUT2D eigenvalue weighted by Crippen LogP contribution is 2.27. The molecule has 0 bridgehead atoms. The highest BCUT2D eigenvalue weighted by Gasteiger charge is 2.20. The van der Waals surface area contributed by atoms with Crippen molar-refractivity contribution < 1.29 is 13.2 Å². The van der Waals surface area contributed by atoms with E-state index >= 15 is 0 Å². The van der Waals surface area contributed by atoms with Crippen LogP contribution in [0.5, 0.6) is 5.75 Å². The normalized spacial score (nSPS) is 17.0. The Labute approximate surface area is 153 Å². The number of aromatic nitrogens is 2. The van der Waals surface area contributed by atoms with Crippen LogP contribution in [-0.4, -0.2) is 38.1 Å². The largest absolute Gasteiger partial charge is 0.493 e. The Morgan fingerprint density at radius 2 is 2.00 bits per heavy atom. The van der Waals surface area contributed by atoms with E-state index in [0.717, 1.165) is 43.7 Å². The molecule has 2 aliphatic heterocycles. The second kappa shape index (κ2) is 7.20. The van der Waals surface area contributed by atoms with E-state index in [1.807, 2.05) is 0 Å². The van der Waals surface area contributed by atoms with E-state index in [9.17, 15) is 8.42 Å². The third-order valence-corrected chi connectivity index (χ3v) is 6.15. The number of nitrogens with one attached hydrogen (secondary N) is 1. The summed E-state index contributed by atoms with van der Waals surface area (Å²) >= 11 is 0. The van der Waals surface area contributed by atoms with Gasteiger partial charge in [-0.05, 0) is 49.1 Å². The number of hydrogen-bond acceptors (Lipinski definition) is 6. The first-order chi connectivity index (χ1) is 12.6. The van der Waals surface area contributed by atoms with Gasteiger partial charge in [0.1, 0.15) is 5.75 Å². The van der Waals surface area contributed by atoms with Crippen LogP contribution in [0.1, 0.15) is 30.5 Å². The lowest BCUT2D eigenvalue weighted by atomic mass is 10.1. The van der Waals surface area contributed by atoms with Gasteiger partial charge in [-0.15, -0.1) is 0 Å². The molecule has 0 spiro atoms. The first kappa shape index (κ1) is 17.2. The van der Waals surface area contributed by atoms with Gasteiger partial charge in [0.2, 0.25) is 16.0 Å². The predicted molar refractivity (Wildman–Crippen MR) is 97.8 cm³/mol. The van der Waals surface area contributed by atoms with Crippen molar-refractivity contribution in [2.75, 3.05) is 24.6 Å². The first-order valence-corrected chi connectivity index (χ1v) is 10.4. The lowest BCUT2D eigenvalue weighted by molar-refractivity contribution is 0.356. The third-order valence-electron chi connectivity index (χ3n) is 4.75. The summed E-state index contributed by atoms with van der Waals surface area (Å²) in [4.78, 5) is 11.3. The van der Waals surface area contributed by atoms with Crippen LogP contribution in [0.3, 0.4) is 0 Å². The number of nitrogens with zero attached hydrogens (tertiary/aromatic N) is 3. The summed E-state index contributed by atoms with van der Waals surface area (Å²) in [5, 5.41) is 0. The zero-order chi connectivity index (χ0) is 18.0. The molecule has 0 aliphatic carbocycles. The molecule has 0 amide bonds. The maximum Gasteiger partial charge on any atom is 0.240 e. The molecule has 138 valence electrons. The summed E-state index contributed by atoms with van der Waals surface area (Å²) in [6.45, 7) is 2.64. The molecule has 1 saturated heterocycles. The van der Waals surface area contributed by atoms with Gasteiger partial charge >= 0.3 is 0 Å². The van der Waals surface area contributed by atoms with E-state index in [1.54, 1.807) is 30.5 Å². The number of rotatable bonds is 5. The van der Waals surface area contributed by atoms with Gasteiger partial charge in [0.25, 0.3) is 0 Å². The zero-order valence-electron chi connectivity index (χ0n) is 14.5. The van der Waals surface area contributed by atoms with Gasteiger partial charge in [-0.3, -0.25) is 0 Å². The molecule has 7 nitrogen and oxygen atoms in total. The molecule has 1 aromatic heterocycles. The van der Waals surface area contributed by atoms with E-state index in [-0.39, 0.29) is 11.4 Å². The number of fused-ring (bicyclic) bond motifs is 1. The number of ether oxygens (including phenoxy) is 1. The average molecular weight is 374 g/mol. The van der Waals surface area contributed by atoms with Gasteiger partial charge in [-0.2, -0.15) is 0 Å². The highest BCUT2D eigenvalue weighted by atomic mass is 32.2. The van der Waals surface area contributed by atoms with Crippen molar-refractivity contribution in [3.8, 4) is 5.75 Å². The molecule has 26 heavy (non-hydrogen) atoms. The summed E-state index contributed by atoms with van der Waals surface area (Å²) in [6.07, 6.45) is 5.95. The number of anilines is 1. The Morgan fingerprint density at radius 1 is 1.15 bits per heavy atom. The summed E-state index contributed by atoms with van der Waals surface area (Å²) in [5.41, 5.74) is 1.59. The molecule has 1 fully saturated rings. The number of piperidine rings is 1. The quantitative estimate of drug-likeness (QED) is 0.860. The fourth-order valence-electron chi connectivity index (χ4n) is 3.31. The van der Waals surface area contributed by atoms with E-state index < -0.39 is 10.0 Å². The molecule has 1 aromatic carbocycles. The van der Waals surface area contributed by atoms with Gasteiger partial charge in [0.05, 0.1) is 23.7 Å². The molecular formula is C18H22N4O3S. The molecule has 0 saturated carbocycles. The van der Waals surface area contributed by atoms with E-state index in [4.69, 9.17) is 4.74 Å². The van der Waals surface area contributed by atoms with Crippen LogP contribution in [0.2, 0.25) is 0 Å². The van der Waals surface area contributed by atoms with Crippen LogP contribution in [0.25, 0.3) is 0 Å². The molecule has 2 aromatic rings. The molecular weight excluding hydrogens is 352 g/mol.